The number of carbonyl (C=O) groups is 3. The third-order valence-electron chi connectivity index (χ3n) is 6.10. The summed E-state index contributed by atoms with van der Waals surface area (Å²) >= 11 is 0. The van der Waals surface area contributed by atoms with Crippen molar-refractivity contribution in [1.29, 1.82) is 0 Å². The molecule has 1 N–H and O–H groups in total. The van der Waals surface area contributed by atoms with Gasteiger partial charge in [-0.1, -0.05) is 32.9 Å². The third-order valence-corrected chi connectivity index (χ3v) is 10.7. The molecule has 0 saturated carbocycles. The Bertz CT molecular complexity index is 833. The highest BCUT2D eigenvalue weighted by Crippen LogP contribution is 2.39. The van der Waals surface area contributed by atoms with E-state index < -0.39 is 19.9 Å². The zero-order valence-corrected chi connectivity index (χ0v) is 21.3. The predicted molar refractivity (Wildman–Crippen MR) is 124 cm³/mol. The van der Waals surface area contributed by atoms with E-state index in [-0.39, 0.29) is 41.2 Å². The van der Waals surface area contributed by atoms with E-state index in [0.717, 1.165) is 0 Å². The number of ether oxygens (including phenoxy) is 1. The number of amides is 1. The molecule has 1 aliphatic heterocycles. The molecule has 0 aliphatic carbocycles. The highest BCUT2D eigenvalue weighted by atomic mass is 28.4. The van der Waals surface area contributed by atoms with Gasteiger partial charge in [0.15, 0.2) is 14.1 Å². The number of ketones is 1. The lowest BCUT2D eigenvalue weighted by molar-refractivity contribution is -0.139. The summed E-state index contributed by atoms with van der Waals surface area (Å²) in [5.41, 5.74) is 0.328. The number of hydrogen-bond donors (Lipinski definition) is 1. The van der Waals surface area contributed by atoms with E-state index in [1.54, 1.807) is 24.3 Å². The Hall–Kier alpha value is -1.99. The van der Waals surface area contributed by atoms with E-state index in [1.807, 2.05) is 27.7 Å². The first kappa shape index (κ1) is 25.3. The van der Waals surface area contributed by atoms with E-state index in [9.17, 15) is 14.4 Å². The molecule has 7 heteroatoms. The number of carbonyl (C=O) groups excluding carboxylic acids is 3. The average Bonchev–Trinajstić information content (AvgIpc) is 2.58. The van der Waals surface area contributed by atoms with Gasteiger partial charge in [-0.3, -0.25) is 9.59 Å². The minimum absolute atomic E-state index is 0.0443. The van der Waals surface area contributed by atoms with Crippen LogP contribution in [-0.2, 0) is 14.0 Å². The van der Waals surface area contributed by atoms with Crippen LogP contribution in [-0.4, -0.2) is 43.7 Å². The van der Waals surface area contributed by atoms with Crippen LogP contribution in [0.15, 0.2) is 24.3 Å². The first-order valence-corrected chi connectivity index (χ1v) is 13.8. The van der Waals surface area contributed by atoms with Crippen molar-refractivity contribution in [3.8, 4) is 0 Å². The number of Topliss-reactive ketones (excluding diaryl/α,β-unsaturated/α-hetero) is 1. The molecule has 1 saturated heterocycles. The summed E-state index contributed by atoms with van der Waals surface area (Å²) in [7, 11) is -2.02. The molecular formula is C24H37NO5Si. The highest BCUT2D eigenvalue weighted by molar-refractivity contribution is 6.74. The van der Waals surface area contributed by atoms with Crippen LogP contribution in [0, 0.1) is 5.92 Å². The van der Waals surface area contributed by atoms with E-state index in [4.69, 9.17) is 9.16 Å². The van der Waals surface area contributed by atoms with Crippen LogP contribution >= 0.6 is 0 Å². The minimum atomic E-state index is -2.02. The van der Waals surface area contributed by atoms with E-state index >= 15 is 0 Å². The molecule has 1 amide bonds. The molecule has 0 radical (unpaired) electrons. The van der Waals surface area contributed by atoms with Gasteiger partial charge in [-0.05, 0) is 58.0 Å². The van der Waals surface area contributed by atoms with Crippen LogP contribution in [0.4, 0.5) is 0 Å². The summed E-state index contributed by atoms with van der Waals surface area (Å²) in [6.07, 6.45) is -0.0464. The van der Waals surface area contributed by atoms with Gasteiger partial charge in [0.25, 0.3) is 0 Å². The van der Waals surface area contributed by atoms with E-state index in [0.29, 0.717) is 11.1 Å². The molecule has 0 bridgehead atoms. The molecule has 6 nitrogen and oxygen atoms in total. The van der Waals surface area contributed by atoms with Crippen molar-refractivity contribution in [3.05, 3.63) is 35.4 Å². The number of β-lactam (4-membered cyclic amide) rings is 1. The first-order chi connectivity index (χ1) is 14.0. The molecule has 1 heterocycles. The number of hydrogen-bond acceptors (Lipinski definition) is 5. The largest absolute Gasteiger partial charge is 0.456 e. The molecule has 3 atom stereocenters. The van der Waals surface area contributed by atoms with Gasteiger partial charge in [0, 0.05) is 12.0 Å². The summed E-state index contributed by atoms with van der Waals surface area (Å²) in [4.78, 5) is 37.2. The van der Waals surface area contributed by atoms with Gasteiger partial charge in [-0.15, -0.1) is 0 Å². The summed E-state index contributed by atoms with van der Waals surface area (Å²) < 4.78 is 11.7. The Morgan fingerprint density at radius 2 is 1.55 bits per heavy atom. The van der Waals surface area contributed by atoms with Gasteiger partial charge in [-0.25, -0.2) is 4.79 Å². The van der Waals surface area contributed by atoms with Crippen LogP contribution < -0.4 is 5.32 Å². The van der Waals surface area contributed by atoms with Crippen LogP contribution in [0.5, 0.6) is 0 Å². The number of rotatable bonds is 7. The second-order valence-electron chi connectivity index (χ2n) is 10.9. The Morgan fingerprint density at radius 3 is 2.00 bits per heavy atom. The molecule has 1 aromatic rings. The van der Waals surface area contributed by atoms with Crippen molar-refractivity contribution in [1.82, 2.24) is 5.32 Å². The predicted octanol–water partition coefficient (Wildman–Crippen LogP) is 4.74. The SMILES string of the molecule is CC(O[Si](C)(C)C(C)(C)C)C1C(=O)NC1CC(=O)c1ccc(C(=O)OC(C)(C)C)cc1. The fourth-order valence-electron chi connectivity index (χ4n) is 3.34. The fourth-order valence-corrected chi connectivity index (χ4v) is 4.76. The maximum absolute atomic E-state index is 12.8. The number of esters is 1. The van der Waals surface area contributed by atoms with Crippen LogP contribution in [0.25, 0.3) is 0 Å². The van der Waals surface area contributed by atoms with Crippen LogP contribution in [0.3, 0.4) is 0 Å². The van der Waals surface area contributed by atoms with E-state index in [2.05, 4.69) is 39.2 Å². The van der Waals surface area contributed by atoms with Crippen LogP contribution in [0.1, 0.15) is 75.6 Å². The lowest BCUT2D eigenvalue weighted by Gasteiger charge is -2.45. The Labute approximate surface area is 187 Å². The fraction of sp³-hybridized carbons (Fsp3) is 0.625. The molecule has 0 aromatic heterocycles. The maximum atomic E-state index is 12.8. The number of nitrogens with one attached hydrogen (secondary N) is 1. The zero-order valence-electron chi connectivity index (χ0n) is 20.3. The van der Waals surface area contributed by atoms with Crippen molar-refractivity contribution >= 4 is 26.0 Å². The van der Waals surface area contributed by atoms with Crippen molar-refractivity contribution in [3.63, 3.8) is 0 Å². The van der Waals surface area contributed by atoms with E-state index in [1.165, 1.54) is 0 Å². The highest BCUT2D eigenvalue weighted by Gasteiger charge is 2.47. The zero-order chi connectivity index (χ0) is 23.8. The molecular weight excluding hydrogens is 410 g/mol. The minimum Gasteiger partial charge on any atom is -0.456 e. The Balaban J connectivity index is 2.01. The Morgan fingerprint density at radius 1 is 1.03 bits per heavy atom. The summed E-state index contributed by atoms with van der Waals surface area (Å²) in [6.45, 7) is 18.2. The Kier molecular flexibility index (Phi) is 7.22. The number of benzene rings is 1. The first-order valence-electron chi connectivity index (χ1n) is 10.9. The normalized spacial score (nSPS) is 20.5. The average molecular weight is 448 g/mol. The molecule has 172 valence electrons. The van der Waals surface area contributed by atoms with Gasteiger partial charge in [0.05, 0.1) is 23.6 Å². The third kappa shape index (κ3) is 6.26. The lowest BCUT2D eigenvalue weighted by atomic mass is 9.82. The lowest BCUT2D eigenvalue weighted by Crippen LogP contribution is -2.64. The molecule has 0 spiro atoms. The standard InChI is InChI=1S/C24H37NO5Si/c1-15(30-31(8,9)24(5,6)7)20-18(25-21(20)27)14-19(26)16-10-12-17(13-11-16)22(28)29-23(2,3)4/h10-13,15,18,20H,14H2,1-9H3,(H,25,27). The smallest absolute Gasteiger partial charge is 0.338 e. The molecule has 3 unspecified atom stereocenters. The van der Waals surface area contributed by atoms with Gasteiger partial charge in [-0.2, -0.15) is 0 Å². The topological polar surface area (TPSA) is 81.7 Å². The summed E-state index contributed by atoms with van der Waals surface area (Å²) in [5, 5.41) is 2.90. The van der Waals surface area contributed by atoms with Gasteiger partial charge in [0.2, 0.25) is 5.91 Å². The maximum Gasteiger partial charge on any atom is 0.338 e. The quantitative estimate of drug-likeness (QED) is 0.283. The van der Waals surface area contributed by atoms with Gasteiger partial charge >= 0.3 is 5.97 Å². The monoisotopic (exact) mass is 447 g/mol. The van der Waals surface area contributed by atoms with Crippen LogP contribution in [0.2, 0.25) is 18.1 Å². The van der Waals surface area contributed by atoms with Gasteiger partial charge in [0.1, 0.15) is 5.60 Å². The second kappa shape index (κ2) is 8.86. The molecule has 31 heavy (non-hydrogen) atoms. The van der Waals surface area contributed by atoms with Crippen molar-refractivity contribution in [2.75, 3.05) is 0 Å². The van der Waals surface area contributed by atoms with Crippen molar-refractivity contribution in [2.45, 2.75) is 90.8 Å². The summed E-state index contributed by atoms with van der Waals surface area (Å²) in [6, 6.07) is 6.22. The molecule has 1 aromatic carbocycles. The second-order valence-corrected chi connectivity index (χ2v) is 15.7. The summed E-state index contributed by atoms with van der Waals surface area (Å²) in [5.74, 6) is -0.900. The van der Waals surface area contributed by atoms with Crippen molar-refractivity contribution < 1.29 is 23.5 Å². The molecule has 1 fully saturated rings. The molecule has 1 aliphatic rings. The molecule has 2 rings (SSSR count). The van der Waals surface area contributed by atoms with Crippen molar-refractivity contribution in [2.24, 2.45) is 5.92 Å². The van der Waals surface area contributed by atoms with Gasteiger partial charge < -0.3 is 14.5 Å².